The first-order valence-electron chi connectivity index (χ1n) is 11.6. The van der Waals surface area contributed by atoms with E-state index < -0.39 is 0 Å². The Labute approximate surface area is 183 Å². The summed E-state index contributed by atoms with van der Waals surface area (Å²) in [5, 5.41) is 6.88. The quantitative estimate of drug-likeness (QED) is 0.610. The fraction of sp³-hybridized carbons (Fsp3) is 0.321. The first kappa shape index (κ1) is 18.8. The number of benzene rings is 3. The maximum absolute atomic E-state index is 13.0. The van der Waals surface area contributed by atoms with Crippen LogP contribution in [0.5, 0.6) is 0 Å². The van der Waals surface area contributed by atoms with Crippen molar-refractivity contribution >= 4 is 5.91 Å². The smallest absolute Gasteiger partial charge is 0.241 e. The normalized spacial score (nSPS) is 24.2. The molecule has 1 amide bonds. The number of nitrogens with one attached hydrogen (secondary N) is 2. The molecule has 2 bridgehead atoms. The van der Waals surface area contributed by atoms with E-state index in [0.717, 1.165) is 31.4 Å². The molecule has 0 spiro atoms. The van der Waals surface area contributed by atoms with Crippen LogP contribution in [-0.4, -0.2) is 18.5 Å². The highest BCUT2D eigenvalue weighted by Crippen LogP contribution is 2.55. The Bertz CT molecular complexity index is 1060. The van der Waals surface area contributed by atoms with Gasteiger partial charge in [-0.15, -0.1) is 0 Å². The predicted octanol–water partition coefficient (Wildman–Crippen LogP) is 4.89. The molecule has 7 rings (SSSR count). The fourth-order valence-corrected chi connectivity index (χ4v) is 5.75. The molecule has 0 aromatic heterocycles. The van der Waals surface area contributed by atoms with Crippen LogP contribution in [0.2, 0.25) is 0 Å². The summed E-state index contributed by atoms with van der Waals surface area (Å²) < 4.78 is 0. The predicted molar refractivity (Wildman–Crippen MR) is 123 cm³/mol. The van der Waals surface area contributed by atoms with Gasteiger partial charge in [0.05, 0.1) is 0 Å². The van der Waals surface area contributed by atoms with Crippen LogP contribution in [0.25, 0.3) is 0 Å². The second-order valence-corrected chi connectivity index (χ2v) is 9.32. The third-order valence-electron chi connectivity index (χ3n) is 7.33. The van der Waals surface area contributed by atoms with Crippen LogP contribution >= 0.6 is 0 Å². The molecule has 0 aliphatic heterocycles. The second-order valence-electron chi connectivity index (χ2n) is 9.32. The number of rotatable bonds is 6. The number of hydrogen-bond acceptors (Lipinski definition) is 2. The number of carbonyl (C=O) groups is 1. The molecule has 4 aliphatic rings. The SMILES string of the molecule is O=C(NC1CC1)[C@H](NC[C@H]1CC2c3ccccc3C1c1ccccc12)c1ccccc1. The molecule has 3 aromatic rings. The van der Waals surface area contributed by atoms with Crippen molar-refractivity contribution in [2.24, 2.45) is 5.92 Å². The van der Waals surface area contributed by atoms with Gasteiger partial charge >= 0.3 is 0 Å². The van der Waals surface area contributed by atoms with Gasteiger partial charge in [-0.05, 0) is 59.5 Å². The monoisotopic (exact) mass is 408 g/mol. The zero-order chi connectivity index (χ0) is 20.8. The Morgan fingerprint density at radius 3 is 2.00 bits per heavy atom. The third-order valence-corrected chi connectivity index (χ3v) is 7.33. The summed E-state index contributed by atoms with van der Waals surface area (Å²) in [5.74, 6) is 1.44. The number of amides is 1. The van der Waals surface area contributed by atoms with E-state index >= 15 is 0 Å². The summed E-state index contributed by atoms with van der Waals surface area (Å²) in [5.41, 5.74) is 6.98. The van der Waals surface area contributed by atoms with Gasteiger partial charge in [0.25, 0.3) is 0 Å². The van der Waals surface area contributed by atoms with E-state index in [1.165, 1.54) is 22.3 Å². The van der Waals surface area contributed by atoms with Crippen molar-refractivity contribution in [3.05, 3.63) is 107 Å². The van der Waals surface area contributed by atoms with Crippen LogP contribution in [0.15, 0.2) is 78.9 Å². The van der Waals surface area contributed by atoms with Gasteiger partial charge in [0.2, 0.25) is 5.91 Å². The van der Waals surface area contributed by atoms with E-state index in [1.54, 1.807) is 0 Å². The lowest BCUT2D eigenvalue weighted by Crippen LogP contribution is -2.43. The zero-order valence-corrected chi connectivity index (χ0v) is 17.6. The van der Waals surface area contributed by atoms with Crippen LogP contribution < -0.4 is 10.6 Å². The molecule has 2 N–H and O–H groups in total. The maximum Gasteiger partial charge on any atom is 0.241 e. The first-order chi connectivity index (χ1) is 15.3. The van der Waals surface area contributed by atoms with Crippen molar-refractivity contribution in [3.8, 4) is 0 Å². The molecule has 3 aromatic carbocycles. The molecule has 4 aliphatic carbocycles. The highest BCUT2D eigenvalue weighted by Gasteiger charge is 2.43. The molecular weight excluding hydrogens is 380 g/mol. The van der Waals surface area contributed by atoms with Crippen molar-refractivity contribution in [1.29, 1.82) is 0 Å². The summed E-state index contributed by atoms with van der Waals surface area (Å²) >= 11 is 0. The van der Waals surface area contributed by atoms with E-state index in [1.807, 2.05) is 18.2 Å². The van der Waals surface area contributed by atoms with Gasteiger partial charge < -0.3 is 10.6 Å². The maximum atomic E-state index is 13.0. The highest BCUT2D eigenvalue weighted by atomic mass is 16.2. The van der Waals surface area contributed by atoms with Crippen molar-refractivity contribution in [3.63, 3.8) is 0 Å². The third kappa shape index (κ3) is 3.37. The summed E-state index contributed by atoms with van der Waals surface area (Å²) in [6.45, 7) is 0.835. The van der Waals surface area contributed by atoms with Gasteiger partial charge in [-0.25, -0.2) is 0 Å². The standard InChI is InChI=1S/C28H28N2O/c31-28(30-20-14-15-20)27(18-8-2-1-3-9-18)29-17-19-16-25-21-10-4-6-12-23(21)26(19)24-13-7-5-11-22(24)25/h1-13,19-20,25-27,29H,14-17H2,(H,30,31)/t19-,25?,26?,27-/m1/s1. The van der Waals surface area contributed by atoms with Crippen LogP contribution in [0.4, 0.5) is 0 Å². The van der Waals surface area contributed by atoms with Gasteiger partial charge in [-0.3, -0.25) is 4.79 Å². The topological polar surface area (TPSA) is 41.1 Å². The minimum Gasteiger partial charge on any atom is -0.352 e. The Morgan fingerprint density at radius 2 is 1.39 bits per heavy atom. The number of hydrogen-bond donors (Lipinski definition) is 2. The molecule has 3 heteroatoms. The molecule has 156 valence electrons. The molecule has 0 heterocycles. The molecule has 1 saturated carbocycles. The van der Waals surface area contributed by atoms with Crippen LogP contribution in [-0.2, 0) is 4.79 Å². The van der Waals surface area contributed by atoms with Crippen LogP contribution in [0.1, 0.15) is 65.0 Å². The Morgan fingerprint density at radius 1 is 0.806 bits per heavy atom. The van der Waals surface area contributed by atoms with Crippen LogP contribution in [0.3, 0.4) is 0 Å². The molecule has 31 heavy (non-hydrogen) atoms. The summed E-state index contributed by atoms with van der Waals surface area (Å²) in [6.07, 6.45) is 3.35. The first-order valence-corrected chi connectivity index (χ1v) is 11.6. The molecule has 3 nitrogen and oxygen atoms in total. The van der Waals surface area contributed by atoms with Crippen molar-refractivity contribution in [2.45, 2.75) is 43.2 Å². The largest absolute Gasteiger partial charge is 0.352 e. The fourth-order valence-electron chi connectivity index (χ4n) is 5.75. The molecule has 0 radical (unpaired) electrons. The zero-order valence-electron chi connectivity index (χ0n) is 17.6. The molecular formula is C28H28N2O. The summed E-state index contributed by atoms with van der Waals surface area (Å²) in [7, 11) is 0. The minimum atomic E-state index is -0.298. The number of carbonyl (C=O) groups excluding carboxylic acids is 1. The van der Waals surface area contributed by atoms with Gasteiger partial charge in [0, 0.05) is 17.9 Å². The molecule has 0 unspecified atom stereocenters. The van der Waals surface area contributed by atoms with Crippen molar-refractivity contribution in [1.82, 2.24) is 10.6 Å². The molecule has 0 saturated heterocycles. The van der Waals surface area contributed by atoms with E-state index in [4.69, 9.17) is 0 Å². The summed E-state index contributed by atoms with van der Waals surface area (Å²) in [4.78, 5) is 13.0. The minimum absolute atomic E-state index is 0.107. The lowest BCUT2D eigenvalue weighted by atomic mass is 9.59. The lowest BCUT2D eigenvalue weighted by molar-refractivity contribution is -0.123. The molecule has 1 fully saturated rings. The molecule has 2 atom stereocenters. The lowest BCUT2D eigenvalue weighted by Gasteiger charge is -2.46. The van der Waals surface area contributed by atoms with E-state index in [2.05, 4.69) is 71.3 Å². The van der Waals surface area contributed by atoms with Crippen molar-refractivity contribution < 1.29 is 4.79 Å². The summed E-state index contributed by atoms with van der Waals surface area (Å²) in [6, 6.07) is 28.1. The van der Waals surface area contributed by atoms with Crippen molar-refractivity contribution in [2.75, 3.05) is 6.54 Å². The van der Waals surface area contributed by atoms with E-state index in [-0.39, 0.29) is 11.9 Å². The Hall–Kier alpha value is -2.91. The van der Waals surface area contributed by atoms with E-state index in [0.29, 0.717) is 23.8 Å². The van der Waals surface area contributed by atoms with E-state index in [9.17, 15) is 4.79 Å². The second kappa shape index (κ2) is 7.65. The Kier molecular flexibility index (Phi) is 4.65. The van der Waals surface area contributed by atoms with Gasteiger partial charge in [-0.1, -0.05) is 78.9 Å². The number of fused-ring (bicyclic) bond motifs is 1. The van der Waals surface area contributed by atoms with Crippen LogP contribution in [0, 0.1) is 5.92 Å². The van der Waals surface area contributed by atoms with Gasteiger partial charge in [-0.2, -0.15) is 0 Å². The highest BCUT2D eigenvalue weighted by molar-refractivity contribution is 5.83. The van der Waals surface area contributed by atoms with Gasteiger partial charge in [0.1, 0.15) is 6.04 Å². The average molecular weight is 409 g/mol. The average Bonchev–Trinajstić information content (AvgIpc) is 3.64. The Balaban J connectivity index is 1.28. The van der Waals surface area contributed by atoms with Gasteiger partial charge in [0.15, 0.2) is 0 Å².